The highest BCUT2D eigenvalue weighted by Crippen LogP contribution is 2.18. The Kier molecular flexibility index (Phi) is 4.42. The Labute approximate surface area is 119 Å². The molecule has 20 heavy (non-hydrogen) atoms. The van der Waals surface area contributed by atoms with Crippen LogP contribution in [0.5, 0.6) is 0 Å². The molecule has 1 aromatic rings. The molecule has 2 amide bonds. The SMILES string of the molecule is Cc1ccc(C(C)C)cc1CNC(=O)C1CCC(=O)N1. The minimum absolute atomic E-state index is 0.0388. The average Bonchev–Trinajstić information content (AvgIpc) is 2.84. The Bertz CT molecular complexity index is 523. The van der Waals surface area contributed by atoms with Crippen molar-refractivity contribution in [2.75, 3.05) is 0 Å². The summed E-state index contributed by atoms with van der Waals surface area (Å²) in [5.74, 6) is 0.340. The highest BCUT2D eigenvalue weighted by molar-refractivity contribution is 5.90. The van der Waals surface area contributed by atoms with Crippen LogP contribution in [0.15, 0.2) is 18.2 Å². The molecule has 1 heterocycles. The Morgan fingerprint density at radius 2 is 2.20 bits per heavy atom. The molecule has 108 valence electrons. The van der Waals surface area contributed by atoms with Crippen molar-refractivity contribution in [3.63, 3.8) is 0 Å². The van der Waals surface area contributed by atoms with E-state index in [0.29, 0.717) is 25.3 Å². The van der Waals surface area contributed by atoms with E-state index in [9.17, 15) is 9.59 Å². The number of hydrogen-bond acceptors (Lipinski definition) is 2. The van der Waals surface area contributed by atoms with E-state index in [1.165, 1.54) is 11.1 Å². The van der Waals surface area contributed by atoms with Gasteiger partial charge in [-0.15, -0.1) is 0 Å². The van der Waals surface area contributed by atoms with Crippen molar-refractivity contribution in [3.05, 3.63) is 34.9 Å². The van der Waals surface area contributed by atoms with Crippen LogP contribution in [0.4, 0.5) is 0 Å². The standard InChI is InChI=1S/C16H22N2O2/c1-10(2)12-5-4-11(3)13(8-12)9-17-16(20)14-6-7-15(19)18-14/h4-5,8,10,14H,6-7,9H2,1-3H3,(H,17,20)(H,18,19). The first-order valence-corrected chi connectivity index (χ1v) is 7.14. The second-order valence-electron chi connectivity index (χ2n) is 5.72. The van der Waals surface area contributed by atoms with Crippen molar-refractivity contribution >= 4 is 11.8 Å². The monoisotopic (exact) mass is 274 g/mol. The molecule has 1 saturated heterocycles. The number of rotatable bonds is 4. The molecule has 1 unspecified atom stereocenters. The van der Waals surface area contributed by atoms with Crippen LogP contribution in [-0.2, 0) is 16.1 Å². The maximum atomic E-state index is 12.0. The molecule has 2 rings (SSSR count). The van der Waals surface area contributed by atoms with Gasteiger partial charge in [0.2, 0.25) is 11.8 Å². The van der Waals surface area contributed by atoms with E-state index in [2.05, 4.69) is 42.7 Å². The highest BCUT2D eigenvalue weighted by Gasteiger charge is 2.26. The summed E-state index contributed by atoms with van der Waals surface area (Å²) in [6.45, 7) is 6.86. The quantitative estimate of drug-likeness (QED) is 0.882. The lowest BCUT2D eigenvalue weighted by Gasteiger charge is -2.14. The zero-order valence-corrected chi connectivity index (χ0v) is 12.3. The lowest BCUT2D eigenvalue weighted by molar-refractivity contribution is -0.125. The van der Waals surface area contributed by atoms with Crippen LogP contribution < -0.4 is 10.6 Å². The minimum Gasteiger partial charge on any atom is -0.350 e. The van der Waals surface area contributed by atoms with Crippen molar-refractivity contribution in [1.29, 1.82) is 0 Å². The Balaban J connectivity index is 1.98. The molecule has 0 saturated carbocycles. The topological polar surface area (TPSA) is 58.2 Å². The summed E-state index contributed by atoms with van der Waals surface area (Å²) < 4.78 is 0. The number of carbonyl (C=O) groups is 2. The van der Waals surface area contributed by atoms with E-state index in [0.717, 1.165) is 5.56 Å². The maximum absolute atomic E-state index is 12.0. The first-order chi connectivity index (χ1) is 9.47. The van der Waals surface area contributed by atoms with Crippen LogP contribution in [0.3, 0.4) is 0 Å². The summed E-state index contributed by atoms with van der Waals surface area (Å²) in [7, 11) is 0. The van der Waals surface area contributed by atoms with Crippen LogP contribution in [0.2, 0.25) is 0 Å². The van der Waals surface area contributed by atoms with Crippen molar-refractivity contribution in [2.45, 2.75) is 52.1 Å². The predicted octanol–water partition coefficient (Wildman–Crippen LogP) is 2.01. The molecule has 1 aliphatic rings. The number of hydrogen-bond donors (Lipinski definition) is 2. The predicted molar refractivity (Wildman–Crippen MR) is 78.3 cm³/mol. The van der Waals surface area contributed by atoms with Crippen LogP contribution in [-0.4, -0.2) is 17.9 Å². The molecule has 1 aliphatic heterocycles. The summed E-state index contributed by atoms with van der Waals surface area (Å²) in [6, 6.07) is 6.00. The molecule has 1 atom stereocenters. The smallest absolute Gasteiger partial charge is 0.242 e. The normalized spacial score (nSPS) is 18.2. The van der Waals surface area contributed by atoms with Crippen molar-refractivity contribution in [2.24, 2.45) is 0 Å². The number of carbonyl (C=O) groups excluding carboxylic acids is 2. The van der Waals surface area contributed by atoms with Gasteiger partial charge < -0.3 is 10.6 Å². The van der Waals surface area contributed by atoms with Gasteiger partial charge in [0.05, 0.1) is 0 Å². The third kappa shape index (κ3) is 3.38. The fourth-order valence-electron chi connectivity index (χ4n) is 2.36. The molecular weight excluding hydrogens is 252 g/mol. The minimum atomic E-state index is -0.365. The van der Waals surface area contributed by atoms with Gasteiger partial charge in [-0.2, -0.15) is 0 Å². The zero-order chi connectivity index (χ0) is 14.7. The van der Waals surface area contributed by atoms with Gasteiger partial charge in [0.15, 0.2) is 0 Å². The van der Waals surface area contributed by atoms with Crippen molar-refractivity contribution in [3.8, 4) is 0 Å². The summed E-state index contributed by atoms with van der Waals surface area (Å²) in [5, 5.41) is 5.60. The maximum Gasteiger partial charge on any atom is 0.242 e. The van der Waals surface area contributed by atoms with Crippen LogP contribution in [0, 0.1) is 6.92 Å². The van der Waals surface area contributed by atoms with Gasteiger partial charge in [0.25, 0.3) is 0 Å². The van der Waals surface area contributed by atoms with E-state index < -0.39 is 0 Å². The molecule has 4 heteroatoms. The van der Waals surface area contributed by atoms with E-state index in [4.69, 9.17) is 0 Å². The van der Waals surface area contributed by atoms with Gasteiger partial charge in [0.1, 0.15) is 6.04 Å². The molecule has 0 spiro atoms. The first-order valence-electron chi connectivity index (χ1n) is 7.14. The van der Waals surface area contributed by atoms with E-state index in [-0.39, 0.29) is 17.9 Å². The molecule has 4 nitrogen and oxygen atoms in total. The van der Waals surface area contributed by atoms with Gasteiger partial charge in [-0.05, 0) is 36.0 Å². The molecule has 0 aromatic heterocycles. The van der Waals surface area contributed by atoms with E-state index in [1.54, 1.807) is 0 Å². The van der Waals surface area contributed by atoms with Gasteiger partial charge in [0, 0.05) is 13.0 Å². The molecule has 0 bridgehead atoms. The summed E-state index contributed by atoms with van der Waals surface area (Å²) in [5.41, 5.74) is 3.58. The first kappa shape index (κ1) is 14.6. The largest absolute Gasteiger partial charge is 0.350 e. The summed E-state index contributed by atoms with van der Waals surface area (Å²) >= 11 is 0. The van der Waals surface area contributed by atoms with Crippen LogP contribution in [0.25, 0.3) is 0 Å². The Morgan fingerprint density at radius 1 is 1.45 bits per heavy atom. The van der Waals surface area contributed by atoms with E-state index in [1.807, 2.05) is 6.92 Å². The third-order valence-corrected chi connectivity index (χ3v) is 3.80. The van der Waals surface area contributed by atoms with E-state index >= 15 is 0 Å². The zero-order valence-electron chi connectivity index (χ0n) is 12.3. The number of amides is 2. The molecule has 0 radical (unpaired) electrons. The Morgan fingerprint density at radius 3 is 2.80 bits per heavy atom. The number of aryl methyl sites for hydroxylation is 1. The second kappa shape index (κ2) is 6.07. The summed E-state index contributed by atoms with van der Waals surface area (Å²) in [4.78, 5) is 23.1. The average molecular weight is 274 g/mol. The molecule has 2 N–H and O–H groups in total. The molecule has 1 aromatic carbocycles. The molecular formula is C16H22N2O2. The lowest BCUT2D eigenvalue weighted by atomic mass is 9.98. The highest BCUT2D eigenvalue weighted by atomic mass is 16.2. The van der Waals surface area contributed by atoms with Crippen LogP contribution in [0.1, 0.15) is 49.3 Å². The number of nitrogens with one attached hydrogen (secondary N) is 2. The van der Waals surface area contributed by atoms with Gasteiger partial charge in [-0.1, -0.05) is 32.0 Å². The van der Waals surface area contributed by atoms with Gasteiger partial charge in [-0.25, -0.2) is 0 Å². The van der Waals surface area contributed by atoms with Crippen molar-refractivity contribution < 1.29 is 9.59 Å². The van der Waals surface area contributed by atoms with Crippen molar-refractivity contribution in [1.82, 2.24) is 10.6 Å². The lowest BCUT2D eigenvalue weighted by Crippen LogP contribution is -2.41. The fourth-order valence-corrected chi connectivity index (χ4v) is 2.36. The molecule has 1 fully saturated rings. The second-order valence-corrected chi connectivity index (χ2v) is 5.72. The van der Waals surface area contributed by atoms with Crippen LogP contribution >= 0.6 is 0 Å². The van der Waals surface area contributed by atoms with Gasteiger partial charge in [-0.3, -0.25) is 9.59 Å². The Hall–Kier alpha value is -1.84. The number of benzene rings is 1. The fraction of sp³-hybridized carbons (Fsp3) is 0.500. The molecule has 0 aliphatic carbocycles. The van der Waals surface area contributed by atoms with Gasteiger partial charge >= 0.3 is 0 Å². The third-order valence-electron chi connectivity index (χ3n) is 3.80. The summed E-state index contributed by atoms with van der Waals surface area (Å²) in [6.07, 6.45) is 1.04.